The van der Waals surface area contributed by atoms with Crippen LogP contribution in [0.15, 0.2) is 29.3 Å². The maximum absolute atomic E-state index is 12.6. The van der Waals surface area contributed by atoms with Crippen molar-refractivity contribution in [2.24, 2.45) is 7.05 Å². The molecule has 1 atom stereocenters. The van der Waals surface area contributed by atoms with E-state index >= 15 is 0 Å². The lowest BCUT2D eigenvalue weighted by Crippen LogP contribution is -2.42. The zero-order valence-corrected chi connectivity index (χ0v) is 13.5. The lowest BCUT2D eigenvalue weighted by Gasteiger charge is -2.31. The Morgan fingerprint density at radius 3 is 3.17 bits per heavy atom. The number of hydrogen-bond donors (Lipinski definition) is 1. The number of methoxy groups -OCH3 is 1. The summed E-state index contributed by atoms with van der Waals surface area (Å²) in [6.07, 6.45) is 5.18. The van der Waals surface area contributed by atoms with Crippen LogP contribution in [0.1, 0.15) is 22.9 Å². The first-order valence-corrected chi connectivity index (χ1v) is 7.69. The van der Waals surface area contributed by atoms with Crippen LogP contribution < -0.4 is 5.32 Å². The van der Waals surface area contributed by atoms with Gasteiger partial charge in [-0.1, -0.05) is 0 Å². The molecular weight excluding hydrogens is 296 g/mol. The van der Waals surface area contributed by atoms with Gasteiger partial charge in [-0.25, -0.2) is 4.98 Å². The third-order valence-corrected chi connectivity index (χ3v) is 4.11. The van der Waals surface area contributed by atoms with Crippen LogP contribution in [0.25, 0.3) is 0 Å². The van der Waals surface area contributed by atoms with E-state index in [-0.39, 0.29) is 11.8 Å². The Hall–Kier alpha value is -2.12. The third-order valence-electron chi connectivity index (χ3n) is 4.11. The molecule has 23 heavy (non-hydrogen) atoms. The van der Waals surface area contributed by atoms with Crippen molar-refractivity contribution in [3.8, 4) is 0 Å². The molecule has 2 aromatic rings. The quantitative estimate of drug-likeness (QED) is 0.800. The number of ether oxygens (including phenoxy) is 1. The van der Waals surface area contributed by atoms with Gasteiger partial charge in [-0.05, 0) is 6.07 Å². The first kappa shape index (κ1) is 15.8. The van der Waals surface area contributed by atoms with Crippen molar-refractivity contribution in [1.29, 1.82) is 0 Å². The van der Waals surface area contributed by atoms with Gasteiger partial charge in [0.15, 0.2) is 0 Å². The second-order valence-corrected chi connectivity index (χ2v) is 5.83. The van der Waals surface area contributed by atoms with Gasteiger partial charge in [0.05, 0.1) is 42.8 Å². The summed E-state index contributed by atoms with van der Waals surface area (Å²) >= 11 is 0. The highest BCUT2D eigenvalue weighted by Crippen LogP contribution is 2.28. The molecule has 0 bridgehead atoms. The van der Waals surface area contributed by atoms with Gasteiger partial charge in [0, 0.05) is 45.9 Å². The van der Waals surface area contributed by atoms with Gasteiger partial charge in [0.25, 0.3) is 0 Å². The van der Waals surface area contributed by atoms with E-state index in [0.29, 0.717) is 19.7 Å². The maximum atomic E-state index is 12.6. The zero-order chi connectivity index (χ0) is 16.2. The second-order valence-electron chi connectivity index (χ2n) is 5.83. The molecule has 1 aliphatic rings. The SMILES string of the molecule is COCCNC(=O)[C@H]1CN(Cc2ccoc2)Cc2ncn(C)c21. The smallest absolute Gasteiger partial charge is 0.230 e. The molecule has 124 valence electrons. The van der Waals surface area contributed by atoms with Gasteiger partial charge >= 0.3 is 0 Å². The molecule has 0 radical (unpaired) electrons. The van der Waals surface area contributed by atoms with Gasteiger partial charge in [0.1, 0.15) is 0 Å². The highest BCUT2D eigenvalue weighted by molar-refractivity contribution is 5.84. The number of nitrogens with one attached hydrogen (secondary N) is 1. The molecule has 0 spiro atoms. The van der Waals surface area contributed by atoms with Gasteiger partial charge in [0.2, 0.25) is 5.91 Å². The van der Waals surface area contributed by atoms with E-state index in [9.17, 15) is 4.79 Å². The number of fused-ring (bicyclic) bond motifs is 1. The zero-order valence-electron chi connectivity index (χ0n) is 13.5. The van der Waals surface area contributed by atoms with Crippen LogP contribution in [0.4, 0.5) is 0 Å². The number of aryl methyl sites for hydroxylation is 1. The highest BCUT2D eigenvalue weighted by atomic mass is 16.5. The largest absolute Gasteiger partial charge is 0.472 e. The number of aromatic nitrogens is 2. The predicted octanol–water partition coefficient (Wildman–Crippen LogP) is 0.875. The summed E-state index contributed by atoms with van der Waals surface area (Å²) in [6.45, 7) is 3.17. The van der Waals surface area contributed by atoms with Crippen LogP contribution in [0, 0.1) is 0 Å². The van der Waals surface area contributed by atoms with Crippen molar-refractivity contribution >= 4 is 5.91 Å². The number of hydrogen-bond acceptors (Lipinski definition) is 5. The van der Waals surface area contributed by atoms with Crippen LogP contribution in [0.5, 0.6) is 0 Å². The monoisotopic (exact) mass is 318 g/mol. The summed E-state index contributed by atoms with van der Waals surface area (Å²) in [5.41, 5.74) is 3.07. The average molecular weight is 318 g/mol. The molecule has 3 heterocycles. The summed E-state index contributed by atoms with van der Waals surface area (Å²) in [5, 5.41) is 2.94. The van der Waals surface area contributed by atoms with E-state index < -0.39 is 0 Å². The fourth-order valence-electron chi connectivity index (χ4n) is 3.05. The minimum Gasteiger partial charge on any atom is -0.472 e. The number of amides is 1. The van der Waals surface area contributed by atoms with E-state index in [2.05, 4.69) is 15.2 Å². The van der Waals surface area contributed by atoms with Crippen molar-refractivity contribution in [3.05, 3.63) is 41.9 Å². The minimum atomic E-state index is -0.227. The van der Waals surface area contributed by atoms with Crippen LogP contribution in [-0.2, 0) is 29.7 Å². The van der Waals surface area contributed by atoms with E-state index in [1.165, 1.54) is 0 Å². The summed E-state index contributed by atoms with van der Waals surface area (Å²) < 4.78 is 12.1. The van der Waals surface area contributed by atoms with Gasteiger partial charge < -0.3 is 19.0 Å². The Bertz CT molecular complexity index is 650. The van der Waals surface area contributed by atoms with Crippen molar-refractivity contribution in [2.45, 2.75) is 19.0 Å². The van der Waals surface area contributed by atoms with Crippen molar-refractivity contribution in [1.82, 2.24) is 19.8 Å². The molecule has 0 aliphatic carbocycles. The fourth-order valence-corrected chi connectivity index (χ4v) is 3.05. The molecular formula is C16H22N4O3. The molecule has 2 aromatic heterocycles. The summed E-state index contributed by atoms with van der Waals surface area (Å²) in [4.78, 5) is 19.3. The maximum Gasteiger partial charge on any atom is 0.230 e. The minimum absolute atomic E-state index is 0.0174. The Morgan fingerprint density at radius 2 is 2.43 bits per heavy atom. The second kappa shape index (κ2) is 6.97. The molecule has 1 amide bonds. The van der Waals surface area contributed by atoms with E-state index in [0.717, 1.165) is 30.0 Å². The molecule has 3 rings (SSSR count). The summed E-state index contributed by atoms with van der Waals surface area (Å²) in [7, 11) is 3.56. The highest BCUT2D eigenvalue weighted by Gasteiger charge is 2.33. The molecule has 1 aliphatic heterocycles. The van der Waals surface area contributed by atoms with E-state index in [1.807, 2.05) is 17.7 Å². The first-order chi connectivity index (χ1) is 11.2. The van der Waals surface area contributed by atoms with Gasteiger partial charge in [-0.2, -0.15) is 0 Å². The van der Waals surface area contributed by atoms with E-state index in [4.69, 9.17) is 9.15 Å². The topological polar surface area (TPSA) is 72.5 Å². The summed E-state index contributed by atoms with van der Waals surface area (Å²) in [5.74, 6) is -0.209. The third kappa shape index (κ3) is 3.46. The fraction of sp³-hybridized carbons (Fsp3) is 0.500. The standard InChI is InChI=1S/C16H22N4O3/c1-19-11-18-14-9-20(7-12-3-5-23-10-12)8-13(15(14)19)16(21)17-4-6-22-2/h3,5,10-11,13H,4,6-9H2,1-2H3,(H,17,21)/t13-/m0/s1. The number of furan rings is 1. The summed E-state index contributed by atoms with van der Waals surface area (Å²) in [6, 6.07) is 1.95. The lowest BCUT2D eigenvalue weighted by molar-refractivity contribution is -0.123. The van der Waals surface area contributed by atoms with Crippen molar-refractivity contribution in [2.75, 3.05) is 26.8 Å². The van der Waals surface area contributed by atoms with Crippen LogP contribution in [-0.4, -0.2) is 47.2 Å². The Kier molecular flexibility index (Phi) is 4.78. The van der Waals surface area contributed by atoms with Crippen LogP contribution in [0.3, 0.4) is 0 Å². The Morgan fingerprint density at radius 1 is 1.57 bits per heavy atom. The predicted molar refractivity (Wildman–Crippen MR) is 83.7 cm³/mol. The number of carbonyl (C=O) groups excluding carboxylic acids is 1. The molecule has 0 unspecified atom stereocenters. The van der Waals surface area contributed by atoms with Crippen LogP contribution >= 0.6 is 0 Å². The molecule has 0 aromatic carbocycles. The number of imidazole rings is 1. The Balaban J connectivity index is 1.76. The van der Waals surface area contributed by atoms with Crippen molar-refractivity contribution in [3.63, 3.8) is 0 Å². The number of carbonyl (C=O) groups is 1. The molecule has 1 N–H and O–H groups in total. The molecule has 0 fully saturated rings. The average Bonchev–Trinajstić information content (AvgIpc) is 3.17. The molecule has 0 saturated carbocycles. The Labute approximate surface area is 135 Å². The van der Waals surface area contributed by atoms with E-state index in [1.54, 1.807) is 26.0 Å². The number of rotatable bonds is 6. The van der Waals surface area contributed by atoms with Crippen molar-refractivity contribution < 1.29 is 13.9 Å². The molecule has 7 heteroatoms. The number of nitrogens with zero attached hydrogens (tertiary/aromatic N) is 3. The molecule has 0 saturated heterocycles. The lowest BCUT2D eigenvalue weighted by atomic mass is 9.96. The van der Waals surface area contributed by atoms with Gasteiger partial charge in [-0.15, -0.1) is 0 Å². The molecule has 7 nitrogen and oxygen atoms in total. The van der Waals surface area contributed by atoms with Crippen LogP contribution in [0.2, 0.25) is 0 Å². The normalized spacial score (nSPS) is 17.9. The van der Waals surface area contributed by atoms with Gasteiger partial charge in [-0.3, -0.25) is 9.69 Å². The first-order valence-electron chi connectivity index (χ1n) is 7.69.